The highest BCUT2D eigenvalue weighted by Gasteiger charge is 2.28. The molecule has 148 valence electrons. The van der Waals surface area contributed by atoms with Crippen LogP contribution in [0.1, 0.15) is 5.56 Å². The maximum absolute atomic E-state index is 13.3. The van der Waals surface area contributed by atoms with Crippen LogP contribution in [-0.4, -0.2) is 50.6 Å². The van der Waals surface area contributed by atoms with Gasteiger partial charge in [-0.15, -0.1) is 10.2 Å². The molecule has 0 N–H and O–H groups in total. The van der Waals surface area contributed by atoms with Crippen LogP contribution in [-0.2, 0) is 16.1 Å². The molecule has 4 rings (SSSR count). The Labute approximate surface area is 170 Å². The van der Waals surface area contributed by atoms with Crippen molar-refractivity contribution in [3.8, 4) is 11.4 Å². The number of hydrogen-bond acceptors (Lipinski definition) is 6. The lowest BCUT2D eigenvalue weighted by Gasteiger charge is -2.12. The number of cyclic esters (lactones) is 1. The molecule has 2 aromatic carbocycles. The second-order valence-electron chi connectivity index (χ2n) is 6.33. The molecule has 1 fully saturated rings. The van der Waals surface area contributed by atoms with E-state index < -0.39 is 6.09 Å². The summed E-state index contributed by atoms with van der Waals surface area (Å²) in [5, 5.41) is 9.02. The van der Waals surface area contributed by atoms with Gasteiger partial charge in [0.25, 0.3) is 0 Å². The molecular weight excluding hydrogens is 395 g/mol. The van der Waals surface area contributed by atoms with E-state index in [4.69, 9.17) is 4.74 Å². The molecule has 0 unspecified atom stereocenters. The van der Waals surface area contributed by atoms with E-state index in [-0.39, 0.29) is 30.6 Å². The number of nitrogens with zero attached hydrogens (tertiary/aromatic N) is 4. The van der Waals surface area contributed by atoms with Gasteiger partial charge in [0, 0.05) is 5.56 Å². The first-order valence-electron chi connectivity index (χ1n) is 8.95. The highest BCUT2D eigenvalue weighted by atomic mass is 32.2. The van der Waals surface area contributed by atoms with Crippen molar-refractivity contribution in [1.82, 2.24) is 19.7 Å². The fourth-order valence-corrected chi connectivity index (χ4v) is 3.75. The number of carbonyl (C=O) groups excluding carboxylic acids is 2. The number of ether oxygens (including phenoxy) is 1. The molecule has 1 saturated heterocycles. The lowest BCUT2D eigenvalue weighted by molar-refractivity contribution is -0.125. The predicted molar refractivity (Wildman–Crippen MR) is 105 cm³/mol. The third kappa shape index (κ3) is 4.29. The Morgan fingerprint density at radius 3 is 2.55 bits per heavy atom. The molecule has 0 bridgehead atoms. The molecule has 1 aliphatic heterocycles. The van der Waals surface area contributed by atoms with Gasteiger partial charge in [-0.25, -0.2) is 14.1 Å². The number of amides is 2. The highest BCUT2D eigenvalue weighted by molar-refractivity contribution is 7.99. The number of benzene rings is 2. The van der Waals surface area contributed by atoms with E-state index in [9.17, 15) is 14.0 Å². The number of thioether (sulfide) groups is 1. The minimum Gasteiger partial charge on any atom is -0.447 e. The highest BCUT2D eigenvalue weighted by Crippen LogP contribution is 2.26. The van der Waals surface area contributed by atoms with Gasteiger partial charge in [-0.05, 0) is 29.8 Å². The predicted octanol–water partition coefficient (Wildman–Crippen LogP) is 3.20. The van der Waals surface area contributed by atoms with Crippen molar-refractivity contribution in [3.05, 3.63) is 66.0 Å². The maximum atomic E-state index is 13.3. The van der Waals surface area contributed by atoms with E-state index in [0.29, 0.717) is 17.5 Å². The molecule has 1 aliphatic rings. The zero-order chi connectivity index (χ0) is 20.2. The van der Waals surface area contributed by atoms with Gasteiger partial charge in [-0.2, -0.15) is 0 Å². The van der Waals surface area contributed by atoms with Crippen molar-refractivity contribution < 1.29 is 18.7 Å². The zero-order valence-electron chi connectivity index (χ0n) is 15.3. The third-order valence-corrected chi connectivity index (χ3v) is 5.34. The summed E-state index contributed by atoms with van der Waals surface area (Å²) < 4.78 is 20.0. The average molecular weight is 412 g/mol. The summed E-state index contributed by atoms with van der Waals surface area (Å²) in [6.45, 7) is 0.965. The zero-order valence-corrected chi connectivity index (χ0v) is 16.1. The Balaban J connectivity index is 1.59. The lowest BCUT2D eigenvalue weighted by atomic mass is 10.2. The number of carbonyl (C=O) groups is 2. The normalized spacial score (nSPS) is 13.6. The number of halogens is 1. The van der Waals surface area contributed by atoms with Crippen molar-refractivity contribution in [2.75, 3.05) is 18.9 Å². The van der Waals surface area contributed by atoms with Crippen LogP contribution in [0.15, 0.2) is 59.8 Å². The van der Waals surface area contributed by atoms with Crippen LogP contribution in [0.4, 0.5) is 9.18 Å². The van der Waals surface area contributed by atoms with Crippen LogP contribution in [0, 0.1) is 5.82 Å². The van der Waals surface area contributed by atoms with E-state index in [1.807, 2.05) is 34.9 Å². The molecule has 7 nitrogen and oxygen atoms in total. The minimum absolute atomic E-state index is 0.0332. The third-order valence-electron chi connectivity index (χ3n) is 4.39. The van der Waals surface area contributed by atoms with Crippen LogP contribution in [0.2, 0.25) is 0 Å². The summed E-state index contributed by atoms with van der Waals surface area (Å²) in [6, 6.07) is 15.8. The first kappa shape index (κ1) is 19.1. The summed E-state index contributed by atoms with van der Waals surface area (Å²) >= 11 is 1.20. The van der Waals surface area contributed by atoms with E-state index in [2.05, 4.69) is 10.2 Å². The molecule has 2 amide bonds. The van der Waals surface area contributed by atoms with Gasteiger partial charge in [0.15, 0.2) is 11.0 Å². The van der Waals surface area contributed by atoms with Gasteiger partial charge in [-0.3, -0.25) is 9.36 Å². The quantitative estimate of drug-likeness (QED) is 0.579. The van der Waals surface area contributed by atoms with E-state index in [1.54, 1.807) is 12.1 Å². The van der Waals surface area contributed by atoms with Gasteiger partial charge in [0.2, 0.25) is 5.91 Å². The van der Waals surface area contributed by atoms with Crippen molar-refractivity contribution in [2.24, 2.45) is 0 Å². The molecular formula is C20H17FN4O3S. The molecule has 0 atom stereocenters. The minimum atomic E-state index is -0.617. The average Bonchev–Trinajstić information content (AvgIpc) is 3.34. The van der Waals surface area contributed by atoms with Crippen LogP contribution in [0.25, 0.3) is 11.4 Å². The molecule has 0 radical (unpaired) electrons. The second kappa shape index (κ2) is 8.44. The Morgan fingerprint density at radius 2 is 1.86 bits per heavy atom. The number of rotatable bonds is 6. The summed E-state index contributed by atoms with van der Waals surface area (Å²) in [6.07, 6.45) is -0.617. The molecule has 0 saturated carbocycles. The SMILES string of the molecule is O=C(CSc1nnc(-c2ccc(F)cc2)n1Cc1ccccc1)N1CCOC1=O. The first-order chi connectivity index (χ1) is 14.1. The molecule has 9 heteroatoms. The molecule has 1 aromatic heterocycles. The topological polar surface area (TPSA) is 77.3 Å². The molecule has 2 heterocycles. The Hall–Kier alpha value is -3.20. The van der Waals surface area contributed by atoms with Crippen LogP contribution >= 0.6 is 11.8 Å². The van der Waals surface area contributed by atoms with Gasteiger partial charge in [-0.1, -0.05) is 42.1 Å². The van der Waals surface area contributed by atoms with Crippen molar-refractivity contribution in [2.45, 2.75) is 11.7 Å². The maximum Gasteiger partial charge on any atom is 0.416 e. The van der Waals surface area contributed by atoms with Crippen molar-refractivity contribution >= 4 is 23.8 Å². The molecule has 3 aromatic rings. The number of aromatic nitrogens is 3. The summed E-state index contributed by atoms with van der Waals surface area (Å²) in [7, 11) is 0. The summed E-state index contributed by atoms with van der Waals surface area (Å²) in [4.78, 5) is 25.0. The van der Waals surface area contributed by atoms with Gasteiger partial charge >= 0.3 is 6.09 Å². The summed E-state index contributed by atoms with van der Waals surface area (Å²) in [5.41, 5.74) is 1.75. The van der Waals surface area contributed by atoms with E-state index in [0.717, 1.165) is 16.0 Å². The molecule has 0 spiro atoms. The first-order valence-corrected chi connectivity index (χ1v) is 9.93. The van der Waals surface area contributed by atoms with Crippen LogP contribution in [0.5, 0.6) is 0 Å². The Morgan fingerprint density at radius 1 is 1.10 bits per heavy atom. The van der Waals surface area contributed by atoms with Crippen LogP contribution in [0.3, 0.4) is 0 Å². The van der Waals surface area contributed by atoms with Gasteiger partial charge in [0.1, 0.15) is 12.4 Å². The summed E-state index contributed by atoms with van der Waals surface area (Å²) in [5.74, 6) is -0.0640. The number of imide groups is 1. The monoisotopic (exact) mass is 412 g/mol. The van der Waals surface area contributed by atoms with E-state index >= 15 is 0 Å². The number of hydrogen-bond donors (Lipinski definition) is 0. The van der Waals surface area contributed by atoms with Gasteiger partial charge < -0.3 is 4.74 Å². The van der Waals surface area contributed by atoms with Crippen molar-refractivity contribution in [3.63, 3.8) is 0 Å². The van der Waals surface area contributed by atoms with E-state index in [1.165, 1.54) is 23.9 Å². The Bertz CT molecular complexity index is 1020. The molecule has 29 heavy (non-hydrogen) atoms. The fraction of sp³-hybridized carbons (Fsp3) is 0.200. The standard InChI is InChI=1S/C20H17FN4O3S/c21-16-8-6-15(7-9-16)18-22-23-19(25(18)12-14-4-2-1-3-5-14)29-13-17(26)24-10-11-28-20(24)27/h1-9H,10-13H2. The largest absolute Gasteiger partial charge is 0.447 e. The fourth-order valence-electron chi connectivity index (χ4n) is 2.94. The van der Waals surface area contributed by atoms with Crippen molar-refractivity contribution in [1.29, 1.82) is 0 Å². The van der Waals surface area contributed by atoms with Gasteiger partial charge in [0.05, 0.1) is 18.8 Å². The molecule has 0 aliphatic carbocycles. The lowest BCUT2D eigenvalue weighted by Crippen LogP contribution is -2.33. The second-order valence-corrected chi connectivity index (χ2v) is 7.28. The van der Waals surface area contributed by atoms with Crippen LogP contribution < -0.4 is 0 Å². The Kier molecular flexibility index (Phi) is 5.57. The smallest absolute Gasteiger partial charge is 0.416 e.